The van der Waals surface area contributed by atoms with Crippen molar-refractivity contribution in [2.24, 2.45) is 5.73 Å². The predicted octanol–water partition coefficient (Wildman–Crippen LogP) is 0.327. The third kappa shape index (κ3) is 6.00. The van der Waals surface area contributed by atoms with Crippen LogP contribution < -0.4 is 10.5 Å². The van der Waals surface area contributed by atoms with Crippen LogP contribution in [0.1, 0.15) is 26.2 Å². The average molecular weight is 304 g/mol. The van der Waals surface area contributed by atoms with Crippen molar-refractivity contribution in [1.82, 2.24) is 14.5 Å². The molecule has 3 N–H and O–H groups in total. The van der Waals surface area contributed by atoms with E-state index in [0.717, 1.165) is 19.3 Å². The van der Waals surface area contributed by atoms with Gasteiger partial charge in [-0.3, -0.25) is 4.68 Å². The van der Waals surface area contributed by atoms with Crippen LogP contribution in [-0.4, -0.2) is 44.5 Å². The molecule has 0 atom stereocenters. The molecule has 0 aliphatic heterocycles. The van der Waals surface area contributed by atoms with E-state index in [1.807, 2.05) is 0 Å². The number of aryl methyl sites for hydroxylation is 1. The lowest BCUT2D eigenvalue weighted by molar-refractivity contribution is 0.136. The number of aromatic nitrogens is 2. The molecule has 0 aliphatic rings. The van der Waals surface area contributed by atoms with E-state index in [-0.39, 0.29) is 11.4 Å². The summed E-state index contributed by atoms with van der Waals surface area (Å²) in [7, 11) is -3.50. The van der Waals surface area contributed by atoms with E-state index in [2.05, 4.69) is 16.7 Å². The number of sulfonamides is 1. The summed E-state index contributed by atoms with van der Waals surface area (Å²) in [5, 5.41) is 4.00. The van der Waals surface area contributed by atoms with Crippen LogP contribution in [0.25, 0.3) is 0 Å². The molecule has 0 saturated carbocycles. The fourth-order valence-electron chi connectivity index (χ4n) is 1.54. The van der Waals surface area contributed by atoms with Crippen molar-refractivity contribution in [3.05, 3.63) is 12.4 Å². The molecule has 0 bridgehead atoms. The van der Waals surface area contributed by atoms with E-state index in [1.54, 1.807) is 4.68 Å². The van der Waals surface area contributed by atoms with Gasteiger partial charge < -0.3 is 10.5 Å². The molecular weight excluding hydrogens is 280 g/mol. The lowest BCUT2D eigenvalue weighted by atomic mass is 10.4. The van der Waals surface area contributed by atoms with Gasteiger partial charge in [0.05, 0.1) is 12.8 Å². The zero-order valence-electron chi connectivity index (χ0n) is 11.9. The van der Waals surface area contributed by atoms with Gasteiger partial charge >= 0.3 is 0 Å². The first-order chi connectivity index (χ1) is 9.60. The molecule has 0 spiro atoms. The van der Waals surface area contributed by atoms with Gasteiger partial charge in [0, 0.05) is 25.9 Å². The molecule has 0 unspecified atom stereocenters. The predicted molar refractivity (Wildman–Crippen MR) is 76.8 cm³/mol. The minimum absolute atomic E-state index is 0.170. The minimum Gasteiger partial charge on any atom is -0.380 e. The van der Waals surface area contributed by atoms with Crippen LogP contribution in [0.15, 0.2) is 17.3 Å². The number of hydrogen-bond donors (Lipinski definition) is 2. The summed E-state index contributed by atoms with van der Waals surface area (Å²) in [4.78, 5) is 0.170. The number of unbranched alkanes of at least 4 members (excludes halogenated alkanes) is 1. The molecule has 1 heterocycles. The number of rotatable bonds is 11. The van der Waals surface area contributed by atoms with Crippen molar-refractivity contribution < 1.29 is 13.2 Å². The van der Waals surface area contributed by atoms with Gasteiger partial charge in [0.2, 0.25) is 10.0 Å². The van der Waals surface area contributed by atoms with Crippen LogP contribution in [0.2, 0.25) is 0 Å². The van der Waals surface area contributed by atoms with Crippen molar-refractivity contribution in [3.8, 4) is 0 Å². The Balaban J connectivity index is 2.38. The number of nitrogens with one attached hydrogen (secondary N) is 1. The number of nitrogens with two attached hydrogens (primary N) is 1. The SMILES string of the molecule is CCCCOCCNS(=O)(=O)c1cnn(CCCN)c1. The Morgan fingerprint density at radius 1 is 1.40 bits per heavy atom. The van der Waals surface area contributed by atoms with Crippen LogP contribution in [-0.2, 0) is 21.3 Å². The highest BCUT2D eigenvalue weighted by Crippen LogP contribution is 2.06. The maximum atomic E-state index is 12.0. The Bertz CT molecular complexity index is 473. The highest BCUT2D eigenvalue weighted by Gasteiger charge is 2.15. The van der Waals surface area contributed by atoms with E-state index in [9.17, 15) is 8.42 Å². The first-order valence-electron chi connectivity index (χ1n) is 6.90. The highest BCUT2D eigenvalue weighted by atomic mass is 32.2. The zero-order chi connectivity index (χ0) is 14.8. The van der Waals surface area contributed by atoms with Crippen molar-refractivity contribution in [1.29, 1.82) is 0 Å². The summed E-state index contributed by atoms with van der Waals surface area (Å²) in [6.45, 7) is 4.55. The fraction of sp³-hybridized carbons (Fsp3) is 0.750. The van der Waals surface area contributed by atoms with Gasteiger partial charge in [0.15, 0.2) is 0 Å². The molecule has 1 aromatic heterocycles. The van der Waals surface area contributed by atoms with Gasteiger partial charge in [-0.2, -0.15) is 5.10 Å². The molecule has 116 valence electrons. The molecule has 0 saturated heterocycles. The van der Waals surface area contributed by atoms with E-state index in [1.165, 1.54) is 12.4 Å². The second kappa shape index (κ2) is 9.06. The molecule has 0 fully saturated rings. The molecule has 20 heavy (non-hydrogen) atoms. The van der Waals surface area contributed by atoms with Gasteiger partial charge in [-0.25, -0.2) is 13.1 Å². The van der Waals surface area contributed by atoms with Crippen molar-refractivity contribution in [3.63, 3.8) is 0 Å². The summed E-state index contributed by atoms with van der Waals surface area (Å²) in [6, 6.07) is 0. The van der Waals surface area contributed by atoms with Gasteiger partial charge in [-0.15, -0.1) is 0 Å². The van der Waals surface area contributed by atoms with Crippen molar-refractivity contribution >= 4 is 10.0 Å². The van der Waals surface area contributed by atoms with Crippen LogP contribution in [0.4, 0.5) is 0 Å². The molecule has 0 aliphatic carbocycles. The van der Waals surface area contributed by atoms with E-state index < -0.39 is 10.0 Å². The quantitative estimate of drug-likeness (QED) is 0.574. The van der Waals surface area contributed by atoms with Crippen LogP contribution in [0.3, 0.4) is 0 Å². The number of nitrogens with zero attached hydrogens (tertiary/aromatic N) is 2. The summed E-state index contributed by atoms with van der Waals surface area (Å²) < 4.78 is 33.3. The molecule has 0 aromatic carbocycles. The lowest BCUT2D eigenvalue weighted by Crippen LogP contribution is -2.27. The Kier molecular flexibility index (Phi) is 7.75. The van der Waals surface area contributed by atoms with Gasteiger partial charge in [-0.05, 0) is 19.4 Å². The topological polar surface area (TPSA) is 99.2 Å². The molecule has 0 amide bonds. The Morgan fingerprint density at radius 2 is 2.20 bits per heavy atom. The van der Waals surface area contributed by atoms with Crippen LogP contribution in [0, 0.1) is 0 Å². The Morgan fingerprint density at radius 3 is 2.90 bits per heavy atom. The normalized spacial score (nSPS) is 11.9. The third-order valence-corrected chi connectivity index (χ3v) is 4.11. The summed E-state index contributed by atoms with van der Waals surface area (Å²) in [5.74, 6) is 0. The van der Waals surface area contributed by atoms with E-state index >= 15 is 0 Å². The summed E-state index contributed by atoms with van der Waals surface area (Å²) >= 11 is 0. The summed E-state index contributed by atoms with van der Waals surface area (Å²) in [5.41, 5.74) is 5.40. The van der Waals surface area contributed by atoms with Gasteiger partial charge in [-0.1, -0.05) is 13.3 Å². The molecule has 1 rings (SSSR count). The van der Waals surface area contributed by atoms with Crippen LogP contribution >= 0.6 is 0 Å². The van der Waals surface area contributed by atoms with Crippen molar-refractivity contribution in [2.45, 2.75) is 37.6 Å². The zero-order valence-corrected chi connectivity index (χ0v) is 12.7. The molecule has 7 nitrogen and oxygen atoms in total. The monoisotopic (exact) mass is 304 g/mol. The highest BCUT2D eigenvalue weighted by molar-refractivity contribution is 7.89. The fourth-order valence-corrected chi connectivity index (χ4v) is 2.50. The maximum absolute atomic E-state index is 12.0. The van der Waals surface area contributed by atoms with Gasteiger partial charge in [0.25, 0.3) is 0 Å². The Labute approximate surface area is 120 Å². The van der Waals surface area contributed by atoms with Gasteiger partial charge in [0.1, 0.15) is 4.90 Å². The number of hydrogen-bond acceptors (Lipinski definition) is 5. The largest absolute Gasteiger partial charge is 0.380 e. The standard InChI is InChI=1S/C12H24N4O3S/c1-2-3-8-19-9-6-15-20(17,18)12-10-14-16(11-12)7-4-5-13/h10-11,15H,2-9,13H2,1H3. The van der Waals surface area contributed by atoms with Crippen molar-refractivity contribution in [2.75, 3.05) is 26.3 Å². The summed E-state index contributed by atoms with van der Waals surface area (Å²) in [6.07, 6.45) is 5.67. The third-order valence-electron chi connectivity index (χ3n) is 2.69. The second-order valence-corrected chi connectivity index (χ2v) is 6.21. The molecule has 0 radical (unpaired) electrons. The first-order valence-corrected chi connectivity index (χ1v) is 8.38. The lowest BCUT2D eigenvalue weighted by Gasteiger charge is -2.05. The minimum atomic E-state index is -3.50. The Hall–Kier alpha value is -0.960. The average Bonchev–Trinajstić information content (AvgIpc) is 2.90. The molecule has 8 heteroatoms. The molecule has 1 aromatic rings. The second-order valence-electron chi connectivity index (χ2n) is 4.45. The van der Waals surface area contributed by atoms with Crippen LogP contribution in [0.5, 0.6) is 0 Å². The maximum Gasteiger partial charge on any atom is 0.243 e. The first kappa shape index (κ1) is 17.1. The molecular formula is C12H24N4O3S. The van der Waals surface area contributed by atoms with E-state index in [4.69, 9.17) is 10.5 Å². The smallest absolute Gasteiger partial charge is 0.243 e. The number of ether oxygens (including phenoxy) is 1. The van der Waals surface area contributed by atoms with E-state index in [0.29, 0.717) is 26.3 Å².